The molecule has 1 aromatic rings. The Balaban J connectivity index is 2.22. The van der Waals surface area contributed by atoms with E-state index in [-0.39, 0.29) is 12.8 Å². The van der Waals surface area contributed by atoms with Crippen LogP contribution in [0.4, 0.5) is 0 Å². The van der Waals surface area contributed by atoms with Crippen molar-refractivity contribution in [1.82, 2.24) is 9.88 Å². The van der Waals surface area contributed by atoms with Crippen LogP contribution in [0.25, 0.3) is 0 Å². The maximum atomic E-state index is 12.3. The van der Waals surface area contributed by atoms with Crippen molar-refractivity contribution in [3.05, 3.63) is 23.0 Å². The molecule has 6 nitrogen and oxygen atoms in total. The number of carboxylic acid groups (broad SMARTS) is 1. The van der Waals surface area contributed by atoms with Crippen LogP contribution in [-0.2, 0) is 16.1 Å². The molecule has 2 heterocycles. The van der Waals surface area contributed by atoms with E-state index in [1.54, 1.807) is 10.8 Å². The van der Waals surface area contributed by atoms with Crippen LogP contribution >= 0.6 is 11.6 Å². The van der Waals surface area contributed by atoms with Crippen LogP contribution in [0.5, 0.6) is 0 Å². The zero-order valence-electron chi connectivity index (χ0n) is 11.2. The molecule has 0 bridgehead atoms. The highest BCUT2D eigenvalue weighted by atomic mass is 35.5. The highest BCUT2D eigenvalue weighted by molar-refractivity contribution is 6.31. The average molecular weight is 301 g/mol. The molecule has 1 amide bonds. The normalized spacial score (nSPS) is 17.7. The van der Waals surface area contributed by atoms with Gasteiger partial charge in [0.2, 0.25) is 0 Å². The minimum absolute atomic E-state index is 0.259. The molecule has 1 aliphatic rings. The van der Waals surface area contributed by atoms with Crippen molar-refractivity contribution in [1.29, 1.82) is 0 Å². The Kier molecular flexibility index (Phi) is 4.35. The van der Waals surface area contributed by atoms with Crippen LogP contribution in [0.15, 0.2) is 12.3 Å². The third-order valence-electron chi connectivity index (χ3n) is 3.55. The molecule has 7 heteroatoms. The van der Waals surface area contributed by atoms with E-state index in [4.69, 9.17) is 16.3 Å². The summed E-state index contributed by atoms with van der Waals surface area (Å²) in [5.74, 6) is -1.46. The molecule has 0 aromatic carbocycles. The second-order valence-corrected chi connectivity index (χ2v) is 5.22. The molecule has 0 unspecified atom stereocenters. The first-order chi connectivity index (χ1) is 9.48. The summed E-state index contributed by atoms with van der Waals surface area (Å²) in [7, 11) is 0. The van der Waals surface area contributed by atoms with Gasteiger partial charge in [0.25, 0.3) is 5.91 Å². The van der Waals surface area contributed by atoms with Gasteiger partial charge in [0.15, 0.2) is 0 Å². The van der Waals surface area contributed by atoms with E-state index in [1.165, 1.54) is 6.07 Å². The third-order valence-corrected chi connectivity index (χ3v) is 3.75. The number of carbonyl (C=O) groups excluding carboxylic acids is 1. The van der Waals surface area contributed by atoms with E-state index in [0.717, 1.165) is 0 Å². The SMILES string of the molecule is CCn1cc(Cl)cc1C(=O)NC1(C(=O)O)CCOCC1. The molecule has 2 rings (SSSR count). The fraction of sp³-hybridized carbons (Fsp3) is 0.538. The number of nitrogens with zero attached hydrogens (tertiary/aromatic N) is 1. The summed E-state index contributed by atoms with van der Waals surface area (Å²) in [6, 6.07) is 1.54. The summed E-state index contributed by atoms with van der Waals surface area (Å²) in [5.41, 5.74) is -0.894. The monoisotopic (exact) mass is 300 g/mol. The van der Waals surface area contributed by atoms with E-state index in [9.17, 15) is 14.7 Å². The molecule has 0 aliphatic carbocycles. The maximum absolute atomic E-state index is 12.3. The Bertz CT molecular complexity index is 520. The number of nitrogens with one attached hydrogen (secondary N) is 1. The van der Waals surface area contributed by atoms with Gasteiger partial charge in [-0.15, -0.1) is 0 Å². The molecule has 0 spiro atoms. The van der Waals surface area contributed by atoms with Gasteiger partial charge in [-0.25, -0.2) is 4.79 Å². The lowest BCUT2D eigenvalue weighted by Gasteiger charge is -2.33. The number of aromatic nitrogens is 1. The summed E-state index contributed by atoms with van der Waals surface area (Å²) in [4.78, 5) is 23.8. The number of hydrogen-bond donors (Lipinski definition) is 2. The summed E-state index contributed by atoms with van der Waals surface area (Å²) in [6.45, 7) is 3.11. The molecule has 1 aromatic heterocycles. The van der Waals surface area contributed by atoms with Crippen LogP contribution in [-0.4, -0.2) is 40.3 Å². The van der Waals surface area contributed by atoms with Crippen molar-refractivity contribution in [3.8, 4) is 0 Å². The van der Waals surface area contributed by atoms with Gasteiger partial charge in [-0.3, -0.25) is 4.79 Å². The molecular weight excluding hydrogens is 284 g/mol. The molecule has 1 aliphatic heterocycles. The highest BCUT2D eigenvalue weighted by Gasteiger charge is 2.42. The number of hydrogen-bond acceptors (Lipinski definition) is 3. The fourth-order valence-corrected chi connectivity index (χ4v) is 2.54. The minimum atomic E-state index is -1.26. The number of carbonyl (C=O) groups is 2. The molecule has 1 fully saturated rings. The Morgan fingerprint density at radius 3 is 2.70 bits per heavy atom. The van der Waals surface area contributed by atoms with Crippen molar-refractivity contribution in [2.75, 3.05) is 13.2 Å². The van der Waals surface area contributed by atoms with Gasteiger partial charge in [-0.05, 0) is 13.0 Å². The van der Waals surface area contributed by atoms with Gasteiger partial charge >= 0.3 is 5.97 Å². The van der Waals surface area contributed by atoms with Crippen LogP contribution in [0.3, 0.4) is 0 Å². The van der Waals surface area contributed by atoms with E-state index < -0.39 is 17.4 Å². The molecular formula is C13H17ClN2O4. The fourth-order valence-electron chi connectivity index (χ4n) is 2.32. The zero-order chi connectivity index (χ0) is 14.8. The van der Waals surface area contributed by atoms with E-state index in [2.05, 4.69) is 5.32 Å². The van der Waals surface area contributed by atoms with Crippen LogP contribution < -0.4 is 5.32 Å². The number of halogens is 1. The lowest BCUT2D eigenvalue weighted by atomic mass is 9.90. The lowest BCUT2D eigenvalue weighted by Crippen LogP contribution is -2.57. The molecule has 0 atom stereocenters. The number of aliphatic carboxylic acids is 1. The number of aryl methyl sites for hydroxylation is 1. The Hall–Kier alpha value is -1.53. The van der Waals surface area contributed by atoms with Gasteiger partial charge in [-0.1, -0.05) is 11.6 Å². The smallest absolute Gasteiger partial charge is 0.329 e. The Morgan fingerprint density at radius 1 is 1.50 bits per heavy atom. The summed E-state index contributed by atoms with van der Waals surface area (Å²) >= 11 is 5.89. The molecule has 0 saturated carbocycles. The first-order valence-electron chi connectivity index (χ1n) is 6.48. The third kappa shape index (κ3) is 2.81. The van der Waals surface area contributed by atoms with Crippen molar-refractivity contribution in [2.45, 2.75) is 31.8 Å². The quantitative estimate of drug-likeness (QED) is 0.883. The second kappa shape index (κ2) is 5.85. The summed E-state index contributed by atoms with van der Waals surface area (Å²) in [6.07, 6.45) is 2.16. The van der Waals surface area contributed by atoms with Crippen molar-refractivity contribution < 1.29 is 19.4 Å². The van der Waals surface area contributed by atoms with E-state index >= 15 is 0 Å². The Labute approximate surface area is 121 Å². The number of amides is 1. The van der Waals surface area contributed by atoms with Crippen molar-refractivity contribution in [3.63, 3.8) is 0 Å². The van der Waals surface area contributed by atoms with Gasteiger partial charge < -0.3 is 19.7 Å². The van der Waals surface area contributed by atoms with Gasteiger partial charge in [0.1, 0.15) is 11.2 Å². The van der Waals surface area contributed by atoms with E-state index in [1.807, 2.05) is 6.92 Å². The zero-order valence-corrected chi connectivity index (χ0v) is 11.9. The predicted molar refractivity (Wildman–Crippen MR) is 73.0 cm³/mol. The van der Waals surface area contributed by atoms with Crippen molar-refractivity contribution >= 4 is 23.5 Å². The molecule has 0 radical (unpaired) electrons. The van der Waals surface area contributed by atoms with Gasteiger partial charge in [-0.2, -0.15) is 0 Å². The Morgan fingerprint density at radius 2 is 2.15 bits per heavy atom. The predicted octanol–water partition coefficient (Wildman–Crippen LogP) is 1.52. The maximum Gasteiger partial charge on any atom is 0.329 e. The largest absolute Gasteiger partial charge is 0.480 e. The first-order valence-corrected chi connectivity index (χ1v) is 6.85. The average Bonchev–Trinajstić information content (AvgIpc) is 2.81. The topological polar surface area (TPSA) is 80.6 Å². The molecule has 2 N–H and O–H groups in total. The number of ether oxygens (including phenoxy) is 1. The standard InChI is InChI=1S/C13H17ClN2O4/c1-2-16-8-9(14)7-10(16)11(17)15-13(12(18)19)3-5-20-6-4-13/h7-8H,2-6H2,1H3,(H,15,17)(H,18,19). The highest BCUT2D eigenvalue weighted by Crippen LogP contribution is 2.22. The second-order valence-electron chi connectivity index (χ2n) is 4.78. The van der Waals surface area contributed by atoms with Gasteiger partial charge in [0, 0.05) is 38.8 Å². The number of rotatable bonds is 4. The van der Waals surface area contributed by atoms with Crippen LogP contribution in [0, 0.1) is 0 Å². The van der Waals surface area contributed by atoms with Crippen molar-refractivity contribution in [2.24, 2.45) is 0 Å². The summed E-state index contributed by atoms with van der Waals surface area (Å²) in [5, 5.41) is 12.5. The molecule has 20 heavy (non-hydrogen) atoms. The minimum Gasteiger partial charge on any atom is -0.480 e. The lowest BCUT2D eigenvalue weighted by molar-refractivity contribution is -0.148. The molecule has 110 valence electrons. The van der Waals surface area contributed by atoms with E-state index in [0.29, 0.717) is 30.5 Å². The first kappa shape index (κ1) is 14.9. The van der Waals surface area contributed by atoms with Gasteiger partial charge in [0.05, 0.1) is 5.02 Å². The number of carboxylic acids is 1. The molecule has 1 saturated heterocycles. The van der Waals surface area contributed by atoms with Crippen LogP contribution in [0.2, 0.25) is 5.02 Å². The summed E-state index contributed by atoms with van der Waals surface area (Å²) < 4.78 is 6.86. The van der Waals surface area contributed by atoms with Crippen LogP contribution in [0.1, 0.15) is 30.3 Å².